The lowest BCUT2D eigenvalue weighted by atomic mass is 10.1. The summed E-state index contributed by atoms with van der Waals surface area (Å²) in [5.74, 6) is 0.722. The predicted octanol–water partition coefficient (Wildman–Crippen LogP) is 4.08. The van der Waals surface area contributed by atoms with E-state index < -0.39 is 0 Å². The molecule has 0 aliphatic carbocycles. The van der Waals surface area contributed by atoms with Gasteiger partial charge >= 0.3 is 0 Å². The third-order valence-corrected chi connectivity index (χ3v) is 1.66. The molecule has 0 N–H and O–H groups in total. The monoisotopic (exact) mass is 192 g/mol. The summed E-state index contributed by atoms with van der Waals surface area (Å²) in [6.07, 6.45) is 0. The second-order valence-electron chi connectivity index (χ2n) is 2.61. The lowest BCUT2D eigenvalue weighted by Crippen LogP contribution is -1.67. The van der Waals surface area contributed by atoms with E-state index in [0.29, 0.717) is 0 Å². The van der Waals surface area contributed by atoms with Crippen LogP contribution in [0.2, 0.25) is 0 Å². The zero-order valence-corrected chi connectivity index (χ0v) is 8.46. The van der Waals surface area contributed by atoms with Gasteiger partial charge in [0.2, 0.25) is 0 Å². The summed E-state index contributed by atoms with van der Waals surface area (Å²) in [4.78, 5) is 0. The van der Waals surface area contributed by atoms with Crippen LogP contribution in [-0.2, 0) is 0 Å². The van der Waals surface area contributed by atoms with Gasteiger partial charge < -0.3 is 0 Å². The Morgan fingerprint density at radius 1 is 0.846 bits per heavy atom. The maximum absolute atomic E-state index is 5.00. The SMILES string of the molecule is CCCl.c1ccc2ccccc2c1. The van der Waals surface area contributed by atoms with E-state index in [1.54, 1.807) is 0 Å². The van der Waals surface area contributed by atoms with Gasteiger partial charge in [-0.15, -0.1) is 11.6 Å². The minimum atomic E-state index is 0.722. The van der Waals surface area contributed by atoms with Crippen molar-refractivity contribution in [3.05, 3.63) is 48.5 Å². The molecule has 0 spiro atoms. The van der Waals surface area contributed by atoms with E-state index in [9.17, 15) is 0 Å². The number of benzene rings is 2. The summed E-state index contributed by atoms with van der Waals surface area (Å²) in [7, 11) is 0. The van der Waals surface area contributed by atoms with Crippen LogP contribution >= 0.6 is 11.6 Å². The fourth-order valence-electron chi connectivity index (χ4n) is 1.13. The van der Waals surface area contributed by atoms with E-state index in [1.165, 1.54) is 10.8 Å². The number of fused-ring (bicyclic) bond motifs is 1. The molecular formula is C12H13Cl. The van der Waals surface area contributed by atoms with E-state index in [4.69, 9.17) is 11.6 Å². The molecule has 0 saturated heterocycles. The first-order valence-electron chi connectivity index (χ1n) is 4.38. The van der Waals surface area contributed by atoms with Gasteiger partial charge in [0.05, 0.1) is 0 Å². The van der Waals surface area contributed by atoms with E-state index >= 15 is 0 Å². The standard InChI is InChI=1S/C10H8.C2H5Cl/c1-2-6-10-8-4-3-7-9(10)5-1;1-2-3/h1-8H;2H2,1H3. The van der Waals surface area contributed by atoms with Crippen LogP contribution in [0.4, 0.5) is 0 Å². The van der Waals surface area contributed by atoms with Crippen molar-refractivity contribution in [1.82, 2.24) is 0 Å². The van der Waals surface area contributed by atoms with Crippen LogP contribution in [0.5, 0.6) is 0 Å². The Bertz CT molecular complexity index is 289. The highest BCUT2D eigenvalue weighted by Gasteiger charge is 1.85. The first kappa shape index (κ1) is 10.1. The van der Waals surface area contributed by atoms with E-state index in [-0.39, 0.29) is 0 Å². The number of rotatable bonds is 0. The van der Waals surface area contributed by atoms with Gasteiger partial charge in [0.1, 0.15) is 0 Å². The zero-order valence-electron chi connectivity index (χ0n) is 7.70. The number of alkyl halides is 1. The van der Waals surface area contributed by atoms with Crippen molar-refractivity contribution in [2.45, 2.75) is 6.92 Å². The largest absolute Gasteiger partial charge is 0.127 e. The Morgan fingerprint density at radius 2 is 1.08 bits per heavy atom. The van der Waals surface area contributed by atoms with Crippen molar-refractivity contribution < 1.29 is 0 Å². The first-order valence-corrected chi connectivity index (χ1v) is 4.91. The van der Waals surface area contributed by atoms with E-state index in [1.807, 2.05) is 6.92 Å². The molecule has 1 heteroatoms. The Balaban J connectivity index is 0.000000251. The smallest absolute Gasteiger partial charge is 0.0195 e. The number of halogens is 1. The van der Waals surface area contributed by atoms with Gasteiger partial charge in [-0.25, -0.2) is 0 Å². The average Bonchev–Trinajstić information content (AvgIpc) is 2.19. The zero-order chi connectivity index (χ0) is 9.52. The lowest BCUT2D eigenvalue weighted by molar-refractivity contribution is 1.51. The molecule has 0 nitrogen and oxygen atoms in total. The molecule has 0 saturated carbocycles. The van der Waals surface area contributed by atoms with Crippen LogP contribution < -0.4 is 0 Å². The predicted molar refractivity (Wildman–Crippen MR) is 60.3 cm³/mol. The quantitative estimate of drug-likeness (QED) is 0.552. The van der Waals surface area contributed by atoms with Crippen LogP contribution in [0, 0.1) is 0 Å². The number of hydrogen-bond donors (Lipinski definition) is 0. The van der Waals surface area contributed by atoms with Crippen molar-refractivity contribution in [1.29, 1.82) is 0 Å². The highest BCUT2D eigenvalue weighted by atomic mass is 35.5. The molecule has 0 aromatic heterocycles. The molecule has 0 unspecified atom stereocenters. The third kappa shape index (κ3) is 3.08. The molecule has 13 heavy (non-hydrogen) atoms. The highest BCUT2D eigenvalue weighted by Crippen LogP contribution is 2.11. The Labute approximate surface area is 84.2 Å². The van der Waals surface area contributed by atoms with E-state index in [2.05, 4.69) is 48.5 Å². The van der Waals surface area contributed by atoms with Crippen LogP contribution in [0.3, 0.4) is 0 Å². The van der Waals surface area contributed by atoms with Gasteiger partial charge in [0.15, 0.2) is 0 Å². The van der Waals surface area contributed by atoms with Crippen molar-refractivity contribution in [2.24, 2.45) is 0 Å². The molecule has 0 aliphatic rings. The normalized spacial score (nSPS) is 9.08. The molecule has 0 radical (unpaired) electrons. The second-order valence-corrected chi connectivity index (χ2v) is 3.15. The van der Waals surface area contributed by atoms with Gasteiger partial charge in [-0.1, -0.05) is 55.5 Å². The molecule has 0 heterocycles. The summed E-state index contributed by atoms with van der Waals surface area (Å²) in [5, 5.41) is 2.62. The molecule has 68 valence electrons. The Hall–Kier alpha value is -1.01. The van der Waals surface area contributed by atoms with Crippen LogP contribution in [0.15, 0.2) is 48.5 Å². The lowest BCUT2D eigenvalue weighted by Gasteiger charge is -1.92. The van der Waals surface area contributed by atoms with Crippen molar-refractivity contribution in [3.63, 3.8) is 0 Å². The topological polar surface area (TPSA) is 0 Å². The molecule has 2 aromatic carbocycles. The summed E-state index contributed by atoms with van der Waals surface area (Å²) < 4.78 is 0. The van der Waals surface area contributed by atoms with Gasteiger partial charge in [-0.2, -0.15) is 0 Å². The maximum atomic E-state index is 5.00. The molecule has 2 aromatic rings. The van der Waals surface area contributed by atoms with Gasteiger partial charge in [0.25, 0.3) is 0 Å². The van der Waals surface area contributed by atoms with Gasteiger partial charge in [-0.3, -0.25) is 0 Å². The summed E-state index contributed by atoms with van der Waals surface area (Å²) in [6, 6.07) is 16.7. The molecule has 0 fully saturated rings. The van der Waals surface area contributed by atoms with Crippen molar-refractivity contribution in [2.75, 3.05) is 5.88 Å². The van der Waals surface area contributed by atoms with E-state index in [0.717, 1.165) is 5.88 Å². The van der Waals surface area contributed by atoms with Crippen LogP contribution in [0.1, 0.15) is 6.92 Å². The minimum absolute atomic E-state index is 0.722. The summed E-state index contributed by atoms with van der Waals surface area (Å²) >= 11 is 5.00. The molecule has 0 atom stereocenters. The Morgan fingerprint density at radius 3 is 1.31 bits per heavy atom. The highest BCUT2D eigenvalue weighted by molar-refractivity contribution is 6.17. The Kier molecular flexibility index (Phi) is 4.34. The maximum Gasteiger partial charge on any atom is 0.0195 e. The molecule has 0 bridgehead atoms. The van der Waals surface area contributed by atoms with Crippen LogP contribution in [0.25, 0.3) is 10.8 Å². The molecule has 0 aliphatic heterocycles. The molecule has 0 amide bonds. The van der Waals surface area contributed by atoms with Gasteiger partial charge in [0, 0.05) is 5.88 Å². The van der Waals surface area contributed by atoms with Crippen molar-refractivity contribution >= 4 is 22.4 Å². The molecule has 2 rings (SSSR count). The minimum Gasteiger partial charge on any atom is -0.127 e. The number of hydrogen-bond acceptors (Lipinski definition) is 0. The third-order valence-electron chi connectivity index (χ3n) is 1.66. The van der Waals surface area contributed by atoms with Gasteiger partial charge in [-0.05, 0) is 10.8 Å². The summed E-state index contributed by atoms with van der Waals surface area (Å²) in [6.45, 7) is 1.89. The first-order chi connectivity index (χ1) is 6.38. The fraction of sp³-hybridized carbons (Fsp3) is 0.167. The second kappa shape index (κ2) is 5.60. The summed E-state index contributed by atoms with van der Waals surface area (Å²) in [5.41, 5.74) is 0. The van der Waals surface area contributed by atoms with Crippen LogP contribution in [-0.4, -0.2) is 5.88 Å². The van der Waals surface area contributed by atoms with Crippen molar-refractivity contribution in [3.8, 4) is 0 Å². The fourth-order valence-corrected chi connectivity index (χ4v) is 1.13. The molecular weight excluding hydrogens is 180 g/mol. The average molecular weight is 193 g/mol.